The Labute approximate surface area is 249 Å². The van der Waals surface area contributed by atoms with E-state index in [1.807, 2.05) is 18.2 Å². The minimum atomic E-state index is -0.538. The zero-order chi connectivity index (χ0) is 29.4. The van der Waals surface area contributed by atoms with Gasteiger partial charge in [-0.05, 0) is 35.6 Å². The summed E-state index contributed by atoms with van der Waals surface area (Å²) in [6, 6.07) is 31.9. The number of amides is 1. The lowest BCUT2D eigenvalue weighted by Gasteiger charge is -2.48. The van der Waals surface area contributed by atoms with E-state index < -0.39 is 11.6 Å². The first-order valence-electron chi connectivity index (χ1n) is 15.0. The Hall–Kier alpha value is -3.78. The molecule has 1 atom stereocenters. The predicted molar refractivity (Wildman–Crippen MR) is 164 cm³/mol. The molecular formula is C35H41N3O4. The second-order valence-electron chi connectivity index (χ2n) is 11.0. The van der Waals surface area contributed by atoms with Gasteiger partial charge in [0.15, 0.2) is 0 Å². The number of esters is 1. The molecule has 0 aromatic heterocycles. The lowest BCUT2D eigenvalue weighted by atomic mass is 9.74. The Kier molecular flexibility index (Phi) is 9.85. The number of carbonyl (C=O) groups excluding carboxylic acids is 2. The number of carbonyl (C=O) groups is 2. The second-order valence-corrected chi connectivity index (χ2v) is 11.0. The van der Waals surface area contributed by atoms with Crippen LogP contribution in [0.5, 0.6) is 0 Å². The Morgan fingerprint density at radius 2 is 1.45 bits per heavy atom. The van der Waals surface area contributed by atoms with Crippen LogP contribution in [0.1, 0.15) is 36.5 Å². The van der Waals surface area contributed by atoms with E-state index in [-0.39, 0.29) is 18.3 Å². The third-order valence-corrected chi connectivity index (χ3v) is 8.42. The number of piperidine rings is 1. The summed E-state index contributed by atoms with van der Waals surface area (Å²) < 4.78 is 5.00. The topological polar surface area (TPSA) is 73.3 Å². The van der Waals surface area contributed by atoms with Gasteiger partial charge < -0.3 is 14.7 Å². The van der Waals surface area contributed by atoms with E-state index in [0.29, 0.717) is 45.8 Å². The van der Waals surface area contributed by atoms with Crippen LogP contribution in [0.3, 0.4) is 0 Å². The van der Waals surface area contributed by atoms with Crippen molar-refractivity contribution in [2.45, 2.75) is 31.4 Å². The zero-order valence-electron chi connectivity index (χ0n) is 24.4. The van der Waals surface area contributed by atoms with Gasteiger partial charge in [0.25, 0.3) is 0 Å². The molecule has 7 heteroatoms. The monoisotopic (exact) mass is 567 g/mol. The average Bonchev–Trinajstić information content (AvgIpc) is 3.03. The fraction of sp³-hybridized carbons (Fsp3) is 0.371. The lowest BCUT2D eigenvalue weighted by Crippen LogP contribution is -2.53. The number of rotatable bonds is 10. The van der Waals surface area contributed by atoms with E-state index in [1.165, 1.54) is 16.7 Å². The van der Waals surface area contributed by atoms with Crippen LogP contribution >= 0.6 is 0 Å². The molecule has 2 aliphatic rings. The third kappa shape index (κ3) is 6.49. The maximum absolute atomic E-state index is 12.8. The van der Waals surface area contributed by atoms with E-state index in [9.17, 15) is 14.7 Å². The van der Waals surface area contributed by atoms with Crippen molar-refractivity contribution < 1.29 is 19.4 Å². The van der Waals surface area contributed by atoms with E-state index in [1.54, 1.807) is 11.8 Å². The molecule has 0 bridgehead atoms. The van der Waals surface area contributed by atoms with Crippen molar-refractivity contribution in [3.05, 3.63) is 119 Å². The molecule has 2 fully saturated rings. The largest absolute Gasteiger partial charge is 0.466 e. The van der Waals surface area contributed by atoms with E-state index in [4.69, 9.17) is 4.74 Å². The number of nitrogens with zero attached hydrogens (tertiary/aromatic N) is 3. The molecule has 0 spiro atoms. The predicted octanol–water partition coefficient (Wildman–Crippen LogP) is 4.07. The number of piperazine rings is 1. The number of aliphatic hydroxyl groups is 1. The number of hydrogen-bond donors (Lipinski definition) is 1. The van der Waals surface area contributed by atoms with Crippen LogP contribution in [0.25, 0.3) is 0 Å². The molecule has 7 nitrogen and oxygen atoms in total. The van der Waals surface area contributed by atoms with Crippen molar-refractivity contribution in [3.8, 4) is 0 Å². The number of hydrogen-bond acceptors (Lipinski definition) is 6. The molecule has 0 saturated carbocycles. The minimum absolute atomic E-state index is 0.0195. The van der Waals surface area contributed by atoms with Crippen LogP contribution in [0.2, 0.25) is 0 Å². The molecule has 0 aliphatic carbocycles. The quantitative estimate of drug-likeness (QED) is 0.226. The van der Waals surface area contributed by atoms with Crippen LogP contribution in [-0.2, 0) is 19.9 Å². The number of ether oxygens (including phenoxy) is 1. The summed E-state index contributed by atoms with van der Waals surface area (Å²) in [5.74, 6) is -0.253. The Morgan fingerprint density at radius 3 is 1.98 bits per heavy atom. The molecular weight excluding hydrogens is 526 g/mol. The van der Waals surface area contributed by atoms with Gasteiger partial charge in [-0.3, -0.25) is 19.4 Å². The summed E-state index contributed by atoms with van der Waals surface area (Å²) in [5.41, 5.74) is 3.99. The van der Waals surface area contributed by atoms with Gasteiger partial charge in [0.1, 0.15) is 0 Å². The SMILES string of the molecule is CCOC(=O)CCN1CCN(C/C=C2/CN(C(c3ccccc3)(c3ccccc3)c3ccccc3)CCC2O)CC1=O. The first kappa shape index (κ1) is 29.7. The van der Waals surface area contributed by atoms with Gasteiger partial charge in [-0.15, -0.1) is 0 Å². The van der Waals surface area contributed by atoms with Gasteiger partial charge in [0, 0.05) is 39.3 Å². The van der Waals surface area contributed by atoms with Crippen molar-refractivity contribution in [1.82, 2.24) is 14.7 Å². The molecule has 2 aliphatic heterocycles. The third-order valence-electron chi connectivity index (χ3n) is 8.42. The van der Waals surface area contributed by atoms with Crippen LogP contribution in [0, 0.1) is 0 Å². The maximum Gasteiger partial charge on any atom is 0.307 e. The van der Waals surface area contributed by atoms with Crippen LogP contribution in [-0.4, -0.2) is 90.2 Å². The molecule has 1 N–H and O–H groups in total. The van der Waals surface area contributed by atoms with Crippen LogP contribution < -0.4 is 0 Å². The zero-order valence-corrected chi connectivity index (χ0v) is 24.4. The van der Waals surface area contributed by atoms with Gasteiger partial charge in [0.05, 0.1) is 31.2 Å². The molecule has 0 radical (unpaired) electrons. The minimum Gasteiger partial charge on any atom is -0.466 e. The Morgan fingerprint density at radius 1 is 0.881 bits per heavy atom. The van der Waals surface area contributed by atoms with Gasteiger partial charge in [-0.2, -0.15) is 0 Å². The number of aliphatic hydroxyl groups excluding tert-OH is 1. The van der Waals surface area contributed by atoms with E-state index >= 15 is 0 Å². The fourth-order valence-corrected chi connectivity index (χ4v) is 6.30. The average molecular weight is 568 g/mol. The van der Waals surface area contributed by atoms with E-state index in [0.717, 1.165) is 18.7 Å². The number of likely N-dealkylation sites (tertiary alicyclic amines) is 1. The van der Waals surface area contributed by atoms with Crippen molar-refractivity contribution in [2.75, 3.05) is 52.4 Å². The molecule has 3 aromatic carbocycles. The standard InChI is InChI=1S/C35H41N3O4/c1-2-42-34(41)20-22-37-25-24-36(27-33(37)40)21-18-28-26-38(23-19-32(28)39)35(29-12-6-3-7-13-29,30-14-8-4-9-15-30)31-16-10-5-11-17-31/h3-18,32,39H,2,19-27H2,1H3/b28-18-. The van der Waals surface area contributed by atoms with Gasteiger partial charge in [-0.1, -0.05) is 97.1 Å². The smallest absolute Gasteiger partial charge is 0.307 e. The number of benzene rings is 3. The molecule has 1 unspecified atom stereocenters. The Bertz CT molecular complexity index is 1250. The first-order chi connectivity index (χ1) is 20.5. The van der Waals surface area contributed by atoms with Gasteiger partial charge >= 0.3 is 5.97 Å². The van der Waals surface area contributed by atoms with Crippen LogP contribution in [0.4, 0.5) is 0 Å². The second kappa shape index (κ2) is 13.9. The van der Waals surface area contributed by atoms with Crippen LogP contribution in [0.15, 0.2) is 103 Å². The van der Waals surface area contributed by atoms with Crippen molar-refractivity contribution >= 4 is 11.9 Å². The summed E-state index contributed by atoms with van der Waals surface area (Å²) in [5, 5.41) is 11.1. The summed E-state index contributed by atoms with van der Waals surface area (Å²) in [7, 11) is 0. The molecule has 3 aromatic rings. The highest BCUT2D eigenvalue weighted by Crippen LogP contribution is 2.44. The van der Waals surface area contributed by atoms with Gasteiger partial charge in [-0.25, -0.2) is 0 Å². The molecule has 220 valence electrons. The molecule has 1 amide bonds. The Balaban J connectivity index is 1.38. The fourth-order valence-electron chi connectivity index (χ4n) is 6.30. The lowest BCUT2D eigenvalue weighted by molar-refractivity contribution is -0.144. The van der Waals surface area contributed by atoms with Crippen molar-refractivity contribution in [3.63, 3.8) is 0 Å². The normalized spacial score (nSPS) is 19.7. The highest BCUT2D eigenvalue weighted by Gasteiger charge is 2.44. The van der Waals surface area contributed by atoms with Crippen molar-refractivity contribution in [1.29, 1.82) is 0 Å². The van der Waals surface area contributed by atoms with Crippen molar-refractivity contribution in [2.24, 2.45) is 0 Å². The molecule has 5 rings (SSSR count). The summed E-state index contributed by atoms with van der Waals surface area (Å²) >= 11 is 0. The first-order valence-corrected chi connectivity index (χ1v) is 15.0. The highest BCUT2D eigenvalue weighted by atomic mass is 16.5. The summed E-state index contributed by atoms with van der Waals surface area (Å²) in [6.45, 7) is 6.05. The van der Waals surface area contributed by atoms with Gasteiger partial charge in [0.2, 0.25) is 5.91 Å². The molecule has 2 saturated heterocycles. The van der Waals surface area contributed by atoms with E-state index in [2.05, 4.69) is 88.7 Å². The summed E-state index contributed by atoms with van der Waals surface area (Å²) in [4.78, 5) is 30.9. The maximum atomic E-state index is 12.8. The highest BCUT2D eigenvalue weighted by molar-refractivity contribution is 5.79. The summed E-state index contributed by atoms with van der Waals surface area (Å²) in [6.07, 6.45) is 2.44. The molecule has 42 heavy (non-hydrogen) atoms. The molecule has 2 heterocycles.